The summed E-state index contributed by atoms with van der Waals surface area (Å²) in [7, 11) is 0. The highest BCUT2D eigenvalue weighted by Crippen LogP contribution is 2.34. The van der Waals surface area contributed by atoms with Crippen LogP contribution in [0.1, 0.15) is 31.2 Å². The van der Waals surface area contributed by atoms with Gasteiger partial charge in [-0.2, -0.15) is 0 Å². The molecule has 1 saturated heterocycles. The molecule has 108 valence electrons. The van der Waals surface area contributed by atoms with E-state index in [2.05, 4.69) is 24.3 Å². The van der Waals surface area contributed by atoms with Crippen molar-refractivity contribution in [3.63, 3.8) is 0 Å². The van der Waals surface area contributed by atoms with Gasteiger partial charge < -0.3 is 14.2 Å². The number of fused-ring (bicyclic) bond motifs is 2. The molecule has 2 aliphatic heterocycles. The maximum Gasteiger partial charge on any atom is 0.171 e. The van der Waals surface area contributed by atoms with E-state index in [0.29, 0.717) is 19.8 Å². The van der Waals surface area contributed by atoms with Gasteiger partial charge in [-0.1, -0.05) is 42.5 Å². The molecule has 1 aromatic rings. The Bertz CT molecular complexity index is 443. The van der Waals surface area contributed by atoms with Crippen LogP contribution in [0.5, 0.6) is 0 Å². The monoisotopic (exact) mass is 274 g/mol. The van der Waals surface area contributed by atoms with Gasteiger partial charge in [-0.15, -0.1) is 0 Å². The first kappa shape index (κ1) is 13.8. The van der Waals surface area contributed by atoms with Crippen LogP contribution in [0.15, 0.2) is 42.5 Å². The van der Waals surface area contributed by atoms with E-state index in [4.69, 9.17) is 14.2 Å². The summed E-state index contributed by atoms with van der Waals surface area (Å²) in [6.07, 6.45) is 8.39. The third kappa shape index (κ3) is 3.48. The molecule has 0 radical (unpaired) electrons. The molecule has 3 nitrogen and oxygen atoms in total. The summed E-state index contributed by atoms with van der Waals surface area (Å²) in [6, 6.07) is 10.2. The number of hydrogen-bond acceptors (Lipinski definition) is 3. The van der Waals surface area contributed by atoms with E-state index in [1.165, 1.54) is 5.56 Å². The van der Waals surface area contributed by atoms with E-state index < -0.39 is 5.79 Å². The summed E-state index contributed by atoms with van der Waals surface area (Å²) >= 11 is 0. The molecule has 0 amide bonds. The minimum absolute atomic E-state index is 0.223. The van der Waals surface area contributed by atoms with Crippen LogP contribution in [0, 0.1) is 0 Å². The largest absolute Gasteiger partial charge is 0.377 e. The Kier molecular flexibility index (Phi) is 4.51. The van der Waals surface area contributed by atoms with Gasteiger partial charge in [-0.3, -0.25) is 0 Å². The standard InChI is InChI=1S/C17H22O3/c1-3-7-15(8-4-1)13-18-12-11-17-10-6-2-5-9-16(20-17)14-19-17/h1-5,7-8,16H,6,9-14H2/b5-2-/t16-,17-/m0/s1. The van der Waals surface area contributed by atoms with Crippen LogP contribution in [0.2, 0.25) is 0 Å². The number of allylic oxidation sites excluding steroid dienone is 1. The van der Waals surface area contributed by atoms with Crippen molar-refractivity contribution >= 4 is 0 Å². The van der Waals surface area contributed by atoms with Gasteiger partial charge in [0.25, 0.3) is 0 Å². The maximum absolute atomic E-state index is 6.09. The third-order valence-electron chi connectivity index (χ3n) is 3.91. The fourth-order valence-electron chi connectivity index (χ4n) is 2.78. The van der Waals surface area contributed by atoms with Gasteiger partial charge in [0.2, 0.25) is 0 Å². The molecule has 20 heavy (non-hydrogen) atoms. The van der Waals surface area contributed by atoms with Crippen molar-refractivity contribution in [3.8, 4) is 0 Å². The second-order valence-electron chi connectivity index (χ2n) is 5.50. The van der Waals surface area contributed by atoms with Crippen LogP contribution in [-0.2, 0) is 20.8 Å². The van der Waals surface area contributed by atoms with E-state index in [0.717, 1.165) is 25.7 Å². The SMILES string of the molecule is C1=C\C[C@H]2CO[C@@](CCOCc3ccccc3)(CC/1)O2. The first-order valence-corrected chi connectivity index (χ1v) is 7.45. The summed E-state index contributed by atoms with van der Waals surface area (Å²) in [4.78, 5) is 0. The number of ether oxygens (including phenoxy) is 3. The second kappa shape index (κ2) is 6.53. The molecule has 2 heterocycles. The van der Waals surface area contributed by atoms with E-state index in [9.17, 15) is 0 Å². The predicted octanol–water partition coefficient (Wildman–Crippen LogP) is 3.45. The summed E-state index contributed by atoms with van der Waals surface area (Å²) in [5.41, 5.74) is 1.21. The van der Waals surface area contributed by atoms with Crippen LogP contribution in [-0.4, -0.2) is 25.1 Å². The fraction of sp³-hybridized carbons (Fsp3) is 0.529. The molecule has 0 unspecified atom stereocenters. The molecule has 2 aliphatic rings. The van der Waals surface area contributed by atoms with Gasteiger partial charge in [0, 0.05) is 12.8 Å². The van der Waals surface area contributed by atoms with Crippen LogP contribution < -0.4 is 0 Å². The number of hydrogen-bond donors (Lipinski definition) is 0. The van der Waals surface area contributed by atoms with Crippen molar-refractivity contribution in [2.45, 2.75) is 44.2 Å². The summed E-state index contributed by atoms with van der Waals surface area (Å²) in [5, 5.41) is 0. The molecule has 1 aromatic carbocycles. The molecule has 1 fully saturated rings. The lowest BCUT2D eigenvalue weighted by atomic mass is 10.1. The Labute approximate surface area is 120 Å². The minimum Gasteiger partial charge on any atom is -0.377 e. The van der Waals surface area contributed by atoms with Crippen molar-refractivity contribution in [1.82, 2.24) is 0 Å². The molecular weight excluding hydrogens is 252 g/mol. The second-order valence-corrected chi connectivity index (χ2v) is 5.50. The smallest absolute Gasteiger partial charge is 0.171 e. The third-order valence-corrected chi connectivity index (χ3v) is 3.91. The molecule has 2 atom stereocenters. The molecule has 0 aliphatic carbocycles. The molecule has 0 aromatic heterocycles. The zero-order valence-corrected chi connectivity index (χ0v) is 11.8. The van der Waals surface area contributed by atoms with Crippen molar-refractivity contribution < 1.29 is 14.2 Å². The minimum atomic E-state index is -0.411. The zero-order chi connectivity index (χ0) is 13.7. The van der Waals surface area contributed by atoms with Gasteiger partial charge in [-0.25, -0.2) is 0 Å². The molecule has 3 heteroatoms. The molecular formula is C17H22O3. The van der Waals surface area contributed by atoms with E-state index in [1.54, 1.807) is 0 Å². The van der Waals surface area contributed by atoms with E-state index in [1.807, 2.05) is 18.2 Å². The van der Waals surface area contributed by atoms with Gasteiger partial charge in [0.15, 0.2) is 5.79 Å². The summed E-state index contributed by atoms with van der Waals surface area (Å²) in [5.74, 6) is -0.411. The molecule has 0 N–H and O–H groups in total. The lowest BCUT2D eigenvalue weighted by molar-refractivity contribution is -0.185. The van der Waals surface area contributed by atoms with Crippen molar-refractivity contribution in [3.05, 3.63) is 48.0 Å². The highest BCUT2D eigenvalue weighted by atomic mass is 16.7. The van der Waals surface area contributed by atoms with Crippen LogP contribution in [0.3, 0.4) is 0 Å². The van der Waals surface area contributed by atoms with Gasteiger partial charge in [-0.05, 0) is 18.4 Å². The van der Waals surface area contributed by atoms with Crippen molar-refractivity contribution in [2.75, 3.05) is 13.2 Å². The highest BCUT2D eigenvalue weighted by Gasteiger charge is 2.40. The lowest BCUT2D eigenvalue weighted by Gasteiger charge is -2.28. The average molecular weight is 274 g/mol. The van der Waals surface area contributed by atoms with Gasteiger partial charge in [0.05, 0.1) is 25.9 Å². The number of rotatable bonds is 5. The molecule has 3 rings (SSSR count). The van der Waals surface area contributed by atoms with Crippen LogP contribution in [0.4, 0.5) is 0 Å². The Morgan fingerprint density at radius 3 is 3.00 bits per heavy atom. The average Bonchev–Trinajstić information content (AvgIpc) is 2.89. The first-order chi connectivity index (χ1) is 9.86. The quantitative estimate of drug-likeness (QED) is 0.608. The highest BCUT2D eigenvalue weighted by molar-refractivity contribution is 5.13. The molecule has 2 bridgehead atoms. The predicted molar refractivity (Wildman–Crippen MR) is 77.3 cm³/mol. The summed E-state index contributed by atoms with van der Waals surface area (Å²) in [6.45, 7) is 2.04. The lowest BCUT2D eigenvalue weighted by Crippen LogP contribution is -2.33. The zero-order valence-electron chi connectivity index (χ0n) is 11.8. The fourth-order valence-corrected chi connectivity index (χ4v) is 2.78. The molecule has 0 saturated carbocycles. The Hall–Kier alpha value is -1.16. The maximum atomic E-state index is 6.09. The number of benzene rings is 1. The van der Waals surface area contributed by atoms with Crippen molar-refractivity contribution in [1.29, 1.82) is 0 Å². The molecule has 0 spiro atoms. The van der Waals surface area contributed by atoms with E-state index in [-0.39, 0.29) is 6.10 Å². The van der Waals surface area contributed by atoms with Gasteiger partial charge >= 0.3 is 0 Å². The Balaban J connectivity index is 1.46. The van der Waals surface area contributed by atoms with Crippen LogP contribution >= 0.6 is 0 Å². The first-order valence-electron chi connectivity index (χ1n) is 7.45. The van der Waals surface area contributed by atoms with E-state index >= 15 is 0 Å². The topological polar surface area (TPSA) is 27.7 Å². The van der Waals surface area contributed by atoms with Gasteiger partial charge in [0.1, 0.15) is 0 Å². The van der Waals surface area contributed by atoms with Crippen LogP contribution in [0.25, 0.3) is 0 Å². The Morgan fingerprint density at radius 2 is 2.10 bits per heavy atom. The normalized spacial score (nSPS) is 30.7. The van der Waals surface area contributed by atoms with Crippen molar-refractivity contribution in [2.24, 2.45) is 0 Å². The summed E-state index contributed by atoms with van der Waals surface area (Å²) < 4.78 is 17.8. The Morgan fingerprint density at radius 1 is 1.20 bits per heavy atom.